The Morgan fingerprint density at radius 1 is 1.28 bits per heavy atom. The number of carbonyl (C=O) groups excluding carboxylic acids is 1. The third kappa shape index (κ3) is 1.71. The van der Waals surface area contributed by atoms with Crippen molar-refractivity contribution in [3.63, 3.8) is 0 Å². The summed E-state index contributed by atoms with van der Waals surface area (Å²) in [7, 11) is 0. The Hall–Kier alpha value is -3.62. The number of rotatable bonds is 1. The van der Waals surface area contributed by atoms with Gasteiger partial charge in [0.05, 0.1) is 4.92 Å². The van der Waals surface area contributed by atoms with E-state index in [1.165, 1.54) is 19.1 Å². The third-order valence-corrected chi connectivity index (χ3v) is 4.32. The number of carbonyl (C=O) groups is 1. The molecule has 0 unspecified atom stereocenters. The topological polar surface area (TPSA) is 138 Å². The Balaban J connectivity index is 2.22. The molecule has 2 aliphatic heterocycles. The van der Waals surface area contributed by atoms with Crippen LogP contribution in [0, 0.1) is 17.0 Å². The summed E-state index contributed by atoms with van der Waals surface area (Å²) in [5.41, 5.74) is 2.47. The van der Waals surface area contributed by atoms with Crippen molar-refractivity contribution in [2.24, 2.45) is 5.73 Å². The van der Waals surface area contributed by atoms with Crippen LogP contribution >= 0.6 is 0 Å². The van der Waals surface area contributed by atoms with Crippen LogP contribution in [-0.4, -0.2) is 10.8 Å². The van der Waals surface area contributed by atoms with Crippen LogP contribution in [0.3, 0.4) is 0 Å². The molecule has 4 rings (SSSR count). The van der Waals surface area contributed by atoms with Crippen molar-refractivity contribution in [3.05, 3.63) is 79.3 Å². The summed E-state index contributed by atoms with van der Waals surface area (Å²) >= 11 is 0. The van der Waals surface area contributed by atoms with Crippen LogP contribution in [-0.2, 0) is 10.2 Å². The lowest BCUT2D eigenvalue weighted by Gasteiger charge is -2.29. The predicted octanol–water partition coefficient (Wildman–Crippen LogP) is 0.983. The molecule has 0 radical (unpaired) electrons. The zero-order valence-corrected chi connectivity index (χ0v) is 12.9. The minimum atomic E-state index is -2.04. The summed E-state index contributed by atoms with van der Waals surface area (Å²) < 4.78 is 10.4. The van der Waals surface area contributed by atoms with E-state index < -0.39 is 33.5 Å². The molecule has 9 nitrogen and oxygen atoms in total. The summed E-state index contributed by atoms with van der Waals surface area (Å²) in [6, 6.07) is 7.75. The highest BCUT2D eigenvalue weighted by molar-refractivity contribution is 6.11. The minimum Gasteiger partial charge on any atom is -0.435 e. The highest BCUT2D eigenvalue weighted by atomic mass is 16.6. The molecule has 0 saturated carbocycles. The number of anilines is 1. The van der Waals surface area contributed by atoms with Gasteiger partial charge in [0.2, 0.25) is 5.41 Å². The first-order chi connectivity index (χ1) is 11.9. The molecule has 2 aromatic rings. The number of hydrogen-bond acceptors (Lipinski definition) is 7. The predicted molar refractivity (Wildman–Crippen MR) is 84.4 cm³/mol. The van der Waals surface area contributed by atoms with Gasteiger partial charge in [-0.15, -0.1) is 0 Å². The Bertz CT molecular complexity index is 1050. The number of benzene rings is 1. The second kappa shape index (κ2) is 4.69. The van der Waals surface area contributed by atoms with Crippen LogP contribution < -0.4 is 21.4 Å². The van der Waals surface area contributed by atoms with Crippen molar-refractivity contribution in [1.82, 2.24) is 0 Å². The molecule has 1 spiro atoms. The van der Waals surface area contributed by atoms with Gasteiger partial charge in [-0.2, -0.15) is 0 Å². The number of amides is 1. The zero-order valence-electron chi connectivity index (χ0n) is 12.9. The smallest absolute Gasteiger partial charge is 0.344 e. The summed E-state index contributed by atoms with van der Waals surface area (Å²) in [5, 5.41) is 14.3. The molecule has 2 aliphatic rings. The van der Waals surface area contributed by atoms with Crippen LogP contribution in [0.4, 0.5) is 5.69 Å². The maximum atomic E-state index is 12.9. The quantitative estimate of drug-likeness (QED) is 0.582. The summed E-state index contributed by atoms with van der Waals surface area (Å²) in [5.74, 6) is -1.12. The fourth-order valence-electron chi connectivity index (χ4n) is 3.44. The van der Waals surface area contributed by atoms with Crippen LogP contribution in [0.5, 0.6) is 5.75 Å². The number of para-hydroxylation sites is 1. The Kier molecular flexibility index (Phi) is 2.81. The third-order valence-electron chi connectivity index (χ3n) is 4.32. The number of aryl methyl sites for hydroxylation is 1. The lowest BCUT2D eigenvalue weighted by molar-refractivity contribution is -0.436. The summed E-state index contributed by atoms with van der Waals surface area (Å²) in [4.78, 5) is 36.4. The van der Waals surface area contributed by atoms with E-state index in [-0.39, 0.29) is 22.6 Å². The molecule has 126 valence electrons. The largest absolute Gasteiger partial charge is 0.435 e. The number of ether oxygens (including phenoxy) is 1. The number of nitro groups is 1. The molecule has 0 fully saturated rings. The molecule has 0 saturated heterocycles. The van der Waals surface area contributed by atoms with Gasteiger partial charge in [-0.25, -0.2) is 4.79 Å². The van der Waals surface area contributed by atoms with Crippen LogP contribution in [0.15, 0.2) is 51.1 Å². The maximum absolute atomic E-state index is 12.9. The highest BCUT2D eigenvalue weighted by Gasteiger charge is 2.64. The number of fused-ring (bicyclic) bond motifs is 4. The van der Waals surface area contributed by atoms with E-state index in [4.69, 9.17) is 14.9 Å². The fourth-order valence-corrected chi connectivity index (χ4v) is 3.44. The Morgan fingerprint density at radius 2 is 2.00 bits per heavy atom. The fraction of sp³-hybridized carbons (Fsp3) is 0.125. The van der Waals surface area contributed by atoms with Crippen LogP contribution in [0.2, 0.25) is 0 Å². The first kappa shape index (κ1) is 14.9. The average Bonchev–Trinajstić information content (AvgIpc) is 2.79. The highest BCUT2D eigenvalue weighted by Crippen LogP contribution is 2.52. The van der Waals surface area contributed by atoms with Gasteiger partial charge in [-0.05, 0) is 13.0 Å². The second-order valence-electron chi connectivity index (χ2n) is 5.71. The van der Waals surface area contributed by atoms with Gasteiger partial charge in [0.1, 0.15) is 17.1 Å². The van der Waals surface area contributed by atoms with Crippen molar-refractivity contribution >= 4 is 11.6 Å². The summed E-state index contributed by atoms with van der Waals surface area (Å²) in [6.07, 6.45) is 0. The minimum absolute atomic E-state index is 0.0382. The summed E-state index contributed by atoms with van der Waals surface area (Å²) in [6.45, 7) is 1.52. The second-order valence-corrected chi connectivity index (χ2v) is 5.71. The average molecular weight is 341 g/mol. The zero-order chi connectivity index (χ0) is 17.9. The van der Waals surface area contributed by atoms with Gasteiger partial charge < -0.3 is 20.2 Å². The van der Waals surface area contributed by atoms with Crippen molar-refractivity contribution in [2.45, 2.75) is 12.3 Å². The van der Waals surface area contributed by atoms with Gasteiger partial charge in [0, 0.05) is 17.3 Å². The van der Waals surface area contributed by atoms with Crippen molar-refractivity contribution in [2.75, 3.05) is 5.32 Å². The van der Waals surface area contributed by atoms with Gasteiger partial charge in [-0.3, -0.25) is 14.9 Å². The van der Waals surface area contributed by atoms with E-state index in [0.29, 0.717) is 5.69 Å². The van der Waals surface area contributed by atoms with E-state index in [2.05, 4.69) is 5.32 Å². The first-order valence-corrected chi connectivity index (χ1v) is 7.26. The van der Waals surface area contributed by atoms with E-state index in [0.717, 1.165) is 0 Å². The number of nitrogens with two attached hydrogens (primary N) is 1. The molecule has 1 aromatic heterocycles. The SMILES string of the molecule is Cc1cc2c(c(=O)o1)[C@]1(C(=O)Nc3ccccc31)C([N+](=O)[O-])=C(N)O2. The molecular weight excluding hydrogens is 330 g/mol. The molecule has 25 heavy (non-hydrogen) atoms. The van der Waals surface area contributed by atoms with E-state index in [1.54, 1.807) is 18.2 Å². The molecule has 0 aliphatic carbocycles. The molecular formula is C16H11N3O6. The van der Waals surface area contributed by atoms with Gasteiger partial charge >= 0.3 is 11.3 Å². The van der Waals surface area contributed by atoms with E-state index in [9.17, 15) is 19.7 Å². The molecule has 9 heteroatoms. The lowest BCUT2D eigenvalue weighted by atomic mass is 9.72. The molecule has 3 heterocycles. The molecule has 0 bridgehead atoms. The Labute approximate surface area is 139 Å². The molecule has 1 atom stereocenters. The molecule has 1 amide bonds. The van der Waals surface area contributed by atoms with Gasteiger partial charge in [0.15, 0.2) is 0 Å². The number of nitrogens with zero attached hydrogens (tertiary/aromatic N) is 1. The van der Waals surface area contributed by atoms with Crippen molar-refractivity contribution in [1.29, 1.82) is 0 Å². The van der Waals surface area contributed by atoms with Crippen LogP contribution in [0.1, 0.15) is 16.9 Å². The molecule has 3 N–H and O–H groups in total. The van der Waals surface area contributed by atoms with Crippen molar-refractivity contribution in [3.8, 4) is 5.75 Å². The standard InChI is InChI=1S/C16H11N3O6/c1-7-6-10-11(14(20)24-7)16(12(19(22)23)13(17)25-10)8-4-2-3-5-9(8)18-15(16)21/h2-6H,17H2,1H3,(H,18,21)/t16-/m0/s1. The van der Waals surface area contributed by atoms with E-state index >= 15 is 0 Å². The van der Waals surface area contributed by atoms with Crippen molar-refractivity contribution < 1.29 is 18.9 Å². The molecule has 1 aromatic carbocycles. The lowest BCUT2D eigenvalue weighted by Crippen LogP contribution is -2.48. The van der Waals surface area contributed by atoms with E-state index in [1.807, 2.05) is 0 Å². The monoisotopic (exact) mass is 341 g/mol. The number of hydrogen-bond donors (Lipinski definition) is 2. The number of nitrogens with one attached hydrogen (secondary N) is 1. The van der Waals surface area contributed by atoms with Gasteiger partial charge in [-0.1, -0.05) is 18.2 Å². The normalized spacial score (nSPS) is 20.8. The maximum Gasteiger partial charge on any atom is 0.344 e. The Morgan fingerprint density at radius 3 is 2.72 bits per heavy atom. The van der Waals surface area contributed by atoms with Crippen LogP contribution in [0.25, 0.3) is 0 Å². The first-order valence-electron chi connectivity index (χ1n) is 7.26. The van der Waals surface area contributed by atoms with Gasteiger partial charge in [0.25, 0.3) is 11.8 Å².